The first-order valence-electron chi connectivity index (χ1n) is 13.6. The molecule has 0 amide bonds. The molecule has 2 heteroatoms. The molecule has 0 aliphatic heterocycles. The minimum absolute atomic E-state index is 0.970. The number of benzene rings is 5. The van der Waals surface area contributed by atoms with E-state index in [2.05, 4.69) is 135 Å². The molecule has 0 fully saturated rings. The maximum Gasteiger partial charge on any atom is 0.0974 e. The van der Waals surface area contributed by atoms with Gasteiger partial charge in [0.1, 0.15) is 0 Å². The standard InChI is InChI=1S/C26H20N2.C12H10/c1-17-15-23(19-9-5-3-6-10-19)21-13-14-22-24(20-11-7-4-8-12-20)16-18(2)28-26(22)25(21)27-17;1-3-7-11(8-4-1)12-9-5-2-6-10-12/h3-16H,1-2H3;1-10H. The third-order valence-electron chi connectivity index (χ3n) is 7.06. The highest BCUT2D eigenvalue weighted by atomic mass is 14.8. The molecule has 0 aliphatic rings. The Bertz CT molecular complexity index is 1740. The first-order valence-corrected chi connectivity index (χ1v) is 13.6. The molecule has 0 atom stereocenters. The summed E-state index contributed by atoms with van der Waals surface area (Å²) in [6.07, 6.45) is 0. The highest BCUT2D eigenvalue weighted by Gasteiger charge is 2.14. The fraction of sp³-hybridized carbons (Fsp3) is 0.0526. The fourth-order valence-corrected chi connectivity index (χ4v) is 5.21. The van der Waals surface area contributed by atoms with Gasteiger partial charge in [0.15, 0.2) is 0 Å². The molecule has 2 heterocycles. The molecular formula is C38H30N2. The van der Waals surface area contributed by atoms with Crippen molar-refractivity contribution in [2.24, 2.45) is 0 Å². The van der Waals surface area contributed by atoms with Gasteiger partial charge in [-0.3, -0.25) is 9.97 Å². The molecule has 0 bridgehead atoms. The molecule has 7 rings (SSSR count). The summed E-state index contributed by atoms with van der Waals surface area (Å²) < 4.78 is 0. The number of fused-ring (bicyclic) bond motifs is 3. The summed E-state index contributed by atoms with van der Waals surface area (Å²) in [7, 11) is 0. The minimum Gasteiger partial charge on any atom is -0.251 e. The van der Waals surface area contributed by atoms with Gasteiger partial charge in [0.25, 0.3) is 0 Å². The summed E-state index contributed by atoms with van der Waals surface area (Å²) in [5, 5.41) is 2.28. The van der Waals surface area contributed by atoms with E-state index in [-0.39, 0.29) is 0 Å². The smallest absolute Gasteiger partial charge is 0.0974 e. The lowest BCUT2D eigenvalue weighted by molar-refractivity contribution is 1.23. The molecular weight excluding hydrogens is 484 g/mol. The summed E-state index contributed by atoms with van der Waals surface area (Å²) in [6, 6.07) is 50.5. The van der Waals surface area contributed by atoms with E-state index >= 15 is 0 Å². The van der Waals surface area contributed by atoms with Gasteiger partial charge in [-0.1, -0.05) is 133 Å². The van der Waals surface area contributed by atoms with Gasteiger partial charge < -0.3 is 0 Å². The number of aryl methyl sites for hydroxylation is 2. The summed E-state index contributed by atoms with van der Waals surface area (Å²) in [4.78, 5) is 9.81. The van der Waals surface area contributed by atoms with Crippen LogP contribution >= 0.6 is 0 Å². The zero-order chi connectivity index (χ0) is 27.3. The van der Waals surface area contributed by atoms with Gasteiger partial charge in [-0.25, -0.2) is 0 Å². The van der Waals surface area contributed by atoms with E-state index < -0.39 is 0 Å². The number of pyridine rings is 2. The maximum atomic E-state index is 4.90. The molecule has 0 N–H and O–H groups in total. The van der Waals surface area contributed by atoms with Crippen LogP contribution in [0.15, 0.2) is 146 Å². The molecule has 2 nitrogen and oxygen atoms in total. The van der Waals surface area contributed by atoms with Gasteiger partial charge in [0.2, 0.25) is 0 Å². The van der Waals surface area contributed by atoms with Crippen LogP contribution in [0.1, 0.15) is 11.4 Å². The second kappa shape index (κ2) is 11.3. The van der Waals surface area contributed by atoms with Crippen molar-refractivity contribution in [3.8, 4) is 33.4 Å². The van der Waals surface area contributed by atoms with Crippen molar-refractivity contribution in [3.63, 3.8) is 0 Å². The minimum atomic E-state index is 0.970. The number of rotatable bonds is 3. The lowest BCUT2D eigenvalue weighted by Gasteiger charge is -2.13. The summed E-state index contributed by atoms with van der Waals surface area (Å²) in [5.41, 5.74) is 11.3. The Balaban J connectivity index is 0.000000201. The topological polar surface area (TPSA) is 25.8 Å². The Morgan fingerprint density at radius 1 is 0.350 bits per heavy atom. The average Bonchev–Trinajstić information content (AvgIpc) is 3.02. The molecule has 0 saturated carbocycles. The van der Waals surface area contributed by atoms with Gasteiger partial charge in [0.05, 0.1) is 11.0 Å². The summed E-state index contributed by atoms with van der Waals surface area (Å²) in [6.45, 7) is 4.11. The van der Waals surface area contributed by atoms with Gasteiger partial charge in [-0.15, -0.1) is 0 Å². The van der Waals surface area contributed by atoms with Crippen LogP contribution in [-0.2, 0) is 0 Å². The molecule has 0 saturated heterocycles. The quantitative estimate of drug-likeness (QED) is 0.219. The van der Waals surface area contributed by atoms with Gasteiger partial charge in [-0.05, 0) is 59.4 Å². The van der Waals surface area contributed by atoms with E-state index in [0.29, 0.717) is 0 Å². The second-order valence-electron chi connectivity index (χ2n) is 9.94. The van der Waals surface area contributed by atoms with Crippen LogP contribution in [-0.4, -0.2) is 9.97 Å². The molecule has 2 aromatic heterocycles. The molecule has 0 radical (unpaired) electrons. The lowest BCUT2D eigenvalue weighted by Crippen LogP contribution is -1.94. The number of nitrogens with zero attached hydrogens (tertiary/aromatic N) is 2. The van der Waals surface area contributed by atoms with E-state index in [1.54, 1.807) is 0 Å². The fourth-order valence-electron chi connectivity index (χ4n) is 5.21. The first kappa shape index (κ1) is 25.2. The van der Waals surface area contributed by atoms with E-state index in [1.807, 2.05) is 24.3 Å². The van der Waals surface area contributed by atoms with Crippen LogP contribution < -0.4 is 0 Å². The van der Waals surface area contributed by atoms with Crippen LogP contribution in [0.5, 0.6) is 0 Å². The van der Waals surface area contributed by atoms with E-state index in [1.165, 1.54) is 33.4 Å². The number of aromatic nitrogens is 2. The zero-order valence-corrected chi connectivity index (χ0v) is 22.8. The SMILES string of the molecule is Cc1cc(-c2ccccc2)c2ccc3c(-c4ccccc4)cc(C)nc3c2n1.c1ccc(-c2ccccc2)cc1. The van der Waals surface area contributed by atoms with Crippen LogP contribution in [0.3, 0.4) is 0 Å². The van der Waals surface area contributed by atoms with Crippen molar-refractivity contribution in [2.75, 3.05) is 0 Å². The summed E-state index contributed by atoms with van der Waals surface area (Å²) in [5.74, 6) is 0. The number of hydrogen-bond donors (Lipinski definition) is 0. The van der Waals surface area contributed by atoms with E-state index in [0.717, 1.165) is 33.2 Å². The predicted molar refractivity (Wildman–Crippen MR) is 169 cm³/mol. The van der Waals surface area contributed by atoms with E-state index in [9.17, 15) is 0 Å². The normalized spacial score (nSPS) is 10.8. The van der Waals surface area contributed by atoms with Crippen molar-refractivity contribution >= 4 is 21.8 Å². The highest BCUT2D eigenvalue weighted by molar-refractivity contribution is 6.12. The van der Waals surface area contributed by atoms with Gasteiger partial charge in [-0.2, -0.15) is 0 Å². The summed E-state index contributed by atoms with van der Waals surface area (Å²) >= 11 is 0. The molecule has 0 spiro atoms. The third-order valence-corrected chi connectivity index (χ3v) is 7.06. The van der Waals surface area contributed by atoms with Crippen molar-refractivity contribution in [1.29, 1.82) is 0 Å². The molecule has 0 aliphatic carbocycles. The van der Waals surface area contributed by atoms with Crippen LogP contribution in [0.4, 0.5) is 0 Å². The molecule has 40 heavy (non-hydrogen) atoms. The molecule has 5 aromatic carbocycles. The zero-order valence-electron chi connectivity index (χ0n) is 22.8. The maximum absolute atomic E-state index is 4.90. The monoisotopic (exact) mass is 514 g/mol. The largest absolute Gasteiger partial charge is 0.251 e. The third kappa shape index (κ3) is 5.25. The van der Waals surface area contributed by atoms with Gasteiger partial charge >= 0.3 is 0 Å². The predicted octanol–water partition coefficient (Wildman–Crippen LogP) is 10.1. The van der Waals surface area contributed by atoms with Crippen LogP contribution in [0, 0.1) is 13.8 Å². The van der Waals surface area contributed by atoms with Crippen molar-refractivity contribution in [1.82, 2.24) is 9.97 Å². The van der Waals surface area contributed by atoms with Crippen LogP contribution in [0.2, 0.25) is 0 Å². The number of hydrogen-bond acceptors (Lipinski definition) is 2. The second-order valence-corrected chi connectivity index (χ2v) is 9.94. The van der Waals surface area contributed by atoms with Crippen LogP contribution in [0.25, 0.3) is 55.2 Å². The Hall–Kier alpha value is -5.08. The Labute approximate surface area is 235 Å². The van der Waals surface area contributed by atoms with Crippen molar-refractivity contribution in [2.45, 2.75) is 13.8 Å². The molecule has 7 aromatic rings. The van der Waals surface area contributed by atoms with Gasteiger partial charge in [0, 0.05) is 22.2 Å². The average molecular weight is 515 g/mol. The Morgan fingerprint density at radius 2 is 0.650 bits per heavy atom. The van der Waals surface area contributed by atoms with Crippen molar-refractivity contribution < 1.29 is 0 Å². The Kier molecular flexibility index (Phi) is 7.15. The lowest BCUT2D eigenvalue weighted by atomic mass is 9.95. The highest BCUT2D eigenvalue weighted by Crippen LogP contribution is 2.36. The van der Waals surface area contributed by atoms with E-state index in [4.69, 9.17) is 9.97 Å². The molecule has 192 valence electrons. The van der Waals surface area contributed by atoms with Crippen molar-refractivity contribution in [3.05, 3.63) is 157 Å². The molecule has 0 unspecified atom stereocenters. The first-order chi connectivity index (χ1) is 19.7. The Morgan fingerprint density at radius 3 is 0.975 bits per heavy atom.